The van der Waals surface area contributed by atoms with Gasteiger partial charge in [0.2, 0.25) is 0 Å². The van der Waals surface area contributed by atoms with Gasteiger partial charge in [-0.3, -0.25) is 0 Å². The molecule has 0 N–H and O–H groups in total. The van der Waals surface area contributed by atoms with Crippen LogP contribution >= 0.6 is 0 Å². The van der Waals surface area contributed by atoms with Crippen LogP contribution in [0.5, 0.6) is 0 Å². The smallest absolute Gasteiger partial charge is 0.353 e. The second-order valence-electron chi connectivity index (χ2n) is 2.66. The van der Waals surface area contributed by atoms with Crippen LogP contribution in [0.1, 0.15) is 27.2 Å². The summed E-state index contributed by atoms with van der Waals surface area (Å²) in [5, 5.41) is 0. The second-order valence-corrected chi connectivity index (χ2v) is 2.66. The van der Waals surface area contributed by atoms with Gasteiger partial charge in [0, 0.05) is 13.1 Å². The molecule has 3 nitrogen and oxygen atoms in total. The molecule has 0 bridgehead atoms. The van der Waals surface area contributed by atoms with Crippen LogP contribution in [-0.4, -0.2) is 31.1 Å². The zero-order chi connectivity index (χ0) is 10.3. The molecule has 0 aromatic rings. The summed E-state index contributed by atoms with van der Waals surface area (Å²) >= 11 is 0. The van der Waals surface area contributed by atoms with Crippen LogP contribution in [0.2, 0.25) is 0 Å². The van der Waals surface area contributed by atoms with Crippen molar-refractivity contribution in [3.05, 3.63) is 11.8 Å². The zero-order valence-corrected chi connectivity index (χ0v) is 8.96. The molecule has 0 saturated heterocycles. The van der Waals surface area contributed by atoms with Gasteiger partial charge in [0.1, 0.15) is 5.70 Å². The summed E-state index contributed by atoms with van der Waals surface area (Å²) < 4.78 is 4.70. The molecule has 76 valence electrons. The molecule has 0 aromatic carbocycles. The number of carbonyl (C=O) groups excluding carboxylic acids is 1. The maximum Gasteiger partial charge on any atom is 0.353 e. The Labute approximate surface area is 80.4 Å². The van der Waals surface area contributed by atoms with Gasteiger partial charge in [-0.1, -0.05) is 13.0 Å². The van der Waals surface area contributed by atoms with Crippen LogP contribution in [0.15, 0.2) is 11.8 Å². The van der Waals surface area contributed by atoms with E-state index >= 15 is 0 Å². The van der Waals surface area contributed by atoms with Gasteiger partial charge in [0.15, 0.2) is 0 Å². The first-order chi connectivity index (χ1) is 6.21. The monoisotopic (exact) mass is 185 g/mol. The fourth-order valence-corrected chi connectivity index (χ4v) is 1.20. The molecule has 0 aliphatic rings. The topological polar surface area (TPSA) is 29.5 Å². The van der Waals surface area contributed by atoms with Crippen molar-refractivity contribution in [1.82, 2.24) is 4.90 Å². The van der Waals surface area contributed by atoms with Crippen molar-refractivity contribution in [1.29, 1.82) is 0 Å². The van der Waals surface area contributed by atoms with Crippen molar-refractivity contribution in [2.24, 2.45) is 0 Å². The first-order valence-corrected chi connectivity index (χ1v) is 4.74. The predicted molar refractivity (Wildman–Crippen MR) is 53.3 cm³/mol. The van der Waals surface area contributed by atoms with Gasteiger partial charge in [-0.05, 0) is 20.3 Å². The van der Waals surface area contributed by atoms with E-state index in [1.807, 2.05) is 31.7 Å². The highest BCUT2D eigenvalue weighted by atomic mass is 16.5. The number of methoxy groups -OCH3 is 1. The summed E-state index contributed by atoms with van der Waals surface area (Å²) in [5.41, 5.74) is 0.676. The van der Waals surface area contributed by atoms with E-state index < -0.39 is 0 Å². The van der Waals surface area contributed by atoms with Crippen LogP contribution in [0.25, 0.3) is 0 Å². The standard InChI is InChI=1S/C10H19NO2/c1-5-8-9(10(12)13-4)11(6-2)7-3/h8H,5-7H2,1-4H3. The highest BCUT2D eigenvalue weighted by Gasteiger charge is 2.13. The van der Waals surface area contributed by atoms with Crippen LogP contribution < -0.4 is 0 Å². The summed E-state index contributed by atoms with van der Waals surface area (Å²) in [6.45, 7) is 7.72. The maximum atomic E-state index is 11.3. The summed E-state index contributed by atoms with van der Waals surface area (Å²) in [6.07, 6.45) is 2.75. The molecule has 0 amide bonds. The van der Waals surface area contributed by atoms with Gasteiger partial charge in [0.25, 0.3) is 0 Å². The van der Waals surface area contributed by atoms with Crippen molar-refractivity contribution < 1.29 is 9.53 Å². The van der Waals surface area contributed by atoms with Crippen LogP contribution in [0, 0.1) is 0 Å². The average Bonchev–Trinajstić information content (AvgIpc) is 2.17. The van der Waals surface area contributed by atoms with Gasteiger partial charge in [-0.15, -0.1) is 0 Å². The van der Waals surface area contributed by atoms with Crippen LogP contribution in [-0.2, 0) is 9.53 Å². The number of carbonyl (C=O) groups is 1. The van der Waals surface area contributed by atoms with Gasteiger partial charge < -0.3 is 9.64 Å². The molecule has 0 radical (unpaired) electrons. The first kappa shape index (κ1) is 12.0. The number of allylic oxidation sites excluding steroid dienone is 1. The van der Waals surface area contributed by atoms with Crippen LogP contribution in [0.4, 0.5) is 0 Å². The molecule has 0 spiro atoms. The van der Waals surface area contributed by atoms with E-state index in [1.165, 1.54) is 7.11 Å². The molecule has 0 fully saturated rings. The fraction of sp³-hybridized carbons (Fsp3) is 0.700. The minimum Gasteiger partial charge on any atom is -0.464 e. The molecule has 3 heteroatoms. The minimum atomic E-state index is -0.245. The SMILES string of the molecule is CCC=C(C(=O)OC)N(CC)CC. The van der Waals surface area contributed by atoms with Gasteiger partial charge in [-0.25, -0.2) is 4.79 Å². The molecule has 0 aliphatic heterocycles. The average molecular weight is 185 g/mol. The summed E-state index contributed by atoms with van der Waals surface area (Å²) in [4.78, 5) is 13.3. The molecule has 0 aliphatic carbocycles. The van der Waals surface area contributed by atoms with E-state index in [2.05, 4.69) is 0 Å². The highest BCUT2D eigenvalue weighted by molar-refractivity contribution is 5.87. The third-order valence-corrected chi connectivity index (χ3v) is 1.90. The predicted octanol–water partition coefficient (Wildman–Crippen LogP) is 1.80. The largest absolute Gasteiger partial charge is 0.464 e. The summed E-state index contributed by atoms with van der Waals surface area (Å²) in [7, 11) is 1.41. The number of ether oxygens (including phenoxy) is 1. The Balaban J connectivity index is 4.58. The van der Waals surface area contributed by atoms with E-state index in [-0.39, 0.29) is 5.97 Å². The van der Waals surface area contributed by atoms with E-state index in [0.717, 1.165) is 19.5 Å². The van der Waals surface area contributed by atoms with Crippen molar-refractivity contribution in [3.63, 3.8) is 0 Å². The number of nitrogens with zero attached hydrogens (tertiary/aromatic N) is 1. The number of esters is 1. The Morgan fingerprint density at radius 3 is 2.15 bits per heavy atom. The number of hydrogen-bond donors (Lipinski definition) is 0. The Morgan fingerprint density at radius 2 is 1.85 bits per heavy atom. The Morgan fingerprint density at radius 1 is 1.31 bits per heavy atom. The molecule has 13 heavy (non-hydrogen) atoms. The first-order valence-electron chi connectivity index (χ1n) is 4.74. The number of rotatable bonds is 5. The third-order valence-electron chi connectivity index (χ3n) is 1.90. The Hall–Kier alpha value is -0.990. The molecule has 0 heterocycles. The summed E-state index contributed by atoms with van der Waals surface area (Å²) in [6, 6.07) is 0. The van der Waals surface area contributed by atoms with Crippen molar-refractivity contribution in [3.8, 4) is 0 Å². The van der Waals surface area contributed by atoms with Gasteiger partial charge >= 0.3 is 5.97 Å². The molecular formula is C10H19NO2. The zero-order valence-electron chi connectivity index (χ0n) is 8.96. The van der Waals surface area contributed by atoms with E-state index in [4.69, 9.17) is 4.74 Å². The lowest BCUT2D eigenvalue weighted by Crippen LogP contribution is -2.28. The molecule has 0 aromatic heterocycles. The van der Waals surface area contributed by atoms with Gasteiger partial charge in [0.05, 0.1) is 7.11 Å². The highest BCUT2D eigenvalue weighted by Crippen LogP contribution is 2.06. The quantitative estimate of drug-likeness (QED) is 0.483. The van der Waals surface area contributed by atoms with E-state index in [0.29, 0.717) is 5.70 Å². The molecular weight excluding hydrogens is 166 g/mol. The number of likely N-dealkylation sites (N-methyl/N-ethyl adjacent to an activating group) is 1. The lowest BCUT2D eigenvalue weighted by molar-refractivity contribution is -0.137. The third kappa shape index (κ3) is 3.49. The van der Waals surface area contributed by atoms with E-state index in [9.17, 15) is 4.79 Å². The lowest BCUT2D eigenvalue weighted by Gasteiger charge is -2.22. The Kier molecular flexibility index (Phi) is 6.02. The molecule has 0 unspecified atom stereocenters. The van der Waals surface area contributed by atoms with Crippen molar-refractivity contribution in [2.75, 3.05) is 20.2 Å². The Bertz CT molecular complexity index is 183. The van der Waals surface area contributed by atoms with Gasteiger partial charge in [-0.2, -0.15) is 0 Å². The molecule has 0 saturated carbocycles. The summed E-state index contributed by atoms with van der Waals surface area (Å²) in [5.74, 6) is -0.245. The van der Waals surface area contributed by atoms with Crippen molar-refractivity contribution in [2.45, 2.75) is 27.2 Å². The van der Waals surface area contributed by atoms with Crippen molar-refractivity contribution >= 4 is 5.97 Å². The number of hydrogen-bond acceptors (Lipinski definition) is 3. The molecule has 0 atom stereocenters. The fourth-order valence-electron chi connectivity index (χ4n) is 1.20. The normalized spacial score (nSPS) is 11.2. The second kappa shape index (κ2) is 6.52. The molecule has 0 rings (SSSR count). The van der Waals surface area contributed by atoms with Crippen LogP contribution in [0.3, 0.4) is 0 Å². The maximum absolute atomic E-state index is 11.3. The van der Waals surface area contributed by atoms with E-state index in [1.54, 1.807) is 0 Å². The minimum absolute atomic E-state index is 0.245. The lowest BCUT2D eigenvalue weighted by atomic mass is 10.3.